The molecule has 0 aliphatic carbocycles. The van der Waals surface area contributed by atoms with E-state index in [2.05, 4.69) is 4.98 Å². The summed E-state index contributed by atoms with van der Waals surface area (Å²) in [6.45, 7) is 2.10. The highest BCUT2D eigenvalue weighted by Gasteiger charge is 2.25. The molecule has 1 saturated heterocycles. The zero-order valence-corrected chi connectivity index (χ0v) is 13.3. The first-order valence-electron chi connectivity index (χ1n) is 7.55. The fourth-order valence-electron chi connectivity index (χ4n) is 2.81. The van der Waals surface area contributed by atoms with Crippen LogP contribution in [0.4, 0.5) is 0 Å². The van der Waals surface area contributed by atoms with Gasteiger partial charge in [-0.15, -0.1) is 0 Å². The first-order chi connectivity index (χ1) is 11.2. The van der Waals surface area contributed by atoms with E-state index in [0.717, 1.165) is 10.9 Å². The third-order valence-corrected chi connectivity index (χ3v) is 3.92. The van der Waals surface area contributed by atoms with Crippen molar-refractivity contribution in [2.24, 2.45) is 0 Å². The Kier molecular flexibility index (Phi) is 4.73. The number of fused-ring (bicyclic) bond motifs is 1. The van der Waals surface area contributed by atoms with Gasteiger partial charge in [-0.1, -0.05) is 6.07 Å². The van der Waals surface area contributed by atoms with Gasteiger partial charge in [0.25, 0.3) is 5.91 Å². The monoisotopic (exact) mass is 316 g/mol. The Morgan fingerprint density at radius 1 is 1.43 bits per heavy atom. The van der Waals surface area contributed by atoms with Crippen LogP contribution in [0.1, 0.15) is 10.4 Å². The van der Waals surface area contributed by atoms with Crippen molar-refractivity contribution in [2.45, 2.75) is 6.10 Å². The Hall–Kier alpha value is -2.18. The second kappa shape index (κ2) is 6.93. The number of pyridine rings is 1. The molecule has 2 aromatic rings. The molecular formula is C17H20N2O4. The molecule has 1 unspecified atom stereocenters. The zero-order chi connectivity index (χ0) is 16.2. The average molecular weight is 316 g/mol. The molecule has 1 aliphatic rings. The maximum atomic E-state index is 12.8. The molecule has 0 spiro atoms. The van der Waals surface area contributed by atoms with Crippen molar-refractivity contribution < 1.29 is 19.0 Å². The number of hydrogen-bond donors (Lipinski definition) is 0. The lowest BCUT2D eigenvalue weighted by atomic mass is 10.1. The first-order valence-corrected chi connectivity index (χ1v) is 7.55. The number of aromatic nitrogens is 1. The summed E-state index contributed by atoms with van der Waals surface area (Å²) in [7, 11) is 3.21. The molecule has 1 aromatic carbocycles. The number of nitrogens with zero attached hydrogens (tertiary/aromatic N) is 2. The van der Waals surface area contributed by atoms with Gasteiger partial charge in [0.2, 0.25) is 0 Å². The molecule has 0 radical (unpaired) electrons. The highest BCUT2D eigenvalue weighted by Crippen LogP contribution is 2.26. The van der Waals surface area contributed by atoms with Crippen LogP contribution in [0, 0.1) is 0 Å². The summed E-state index contributed by atoms with van der Waals surface area (Å²) in [5, 5.41) is 0.886. The van der Waals surface area contributed by atoms with Gasteiger partial charge in [-0.2, -0.15) is 0 Å². The van der Waals surface area contributed by atoms with E-state index < -0.39 is 0 Å². The van der Waals surface area contributed by atoms with E-state index in [1.54, 1.807) is 31.4 Å². The van der Waals surface area contributed by atoms with E-state index in [0.29, 0.717) is 37.6 Å². The van der Waals surface area contributed by atoms with Crippen LogP contribution in [-0.4, -0.2) is 62.4 Å². The Labute approximate surface area is 135 Å². The largest absolute Gasteiger partial charge is 0.494 e. The standard InChI is InChI=1S/C17H20N2O4/c1-21-11-14-10-19(6-7-23-14)17(20)13-8-12-4-3-5-18-16(12)15(9-13)22-2/h3-5,8-9,14H,6-7,10-11H2,1-2H3. The molecule has 1 aliphatic heterocycles. The third-order valence-electron chi connectivity index (χ3n) is 3.92. The number of benzene rings is 1. The van der Waals surface area contributed by atoms with Crippen LogP contribution in [0.3, 0.4) is 0 Å². The SMILES string of the molecule is COCC1CN(C(=O)c2cc(OC)c3ncccc3c2)CCO1. The van der Waals surface area contributed by atoms with Crippen LogP contribution in [0.25, 0.3) is 10.9 Å². The minimum Gasteiger partial charge on any atom is -0.494 e. The van der Waals surface area contributed by atoms with E-state index in [1.807, 2.05) is 18.2 Å². The number of morpholine rings is 1. The van der Waals surface area contributed by atoms with Crippen LogP contribution < -0.4 is 4.74 Å². The summed E-state index contributed by atoms with van der Waals surface area (Å²) < 4.78 is 16.1. The number of rotatable bonds is 4. The highest BCUT2D eigenvalue weighted by molar-refractivity contribution is 5.99. The van der Waals surface area contributed by atoms with Crippen LogP contribution >= 0.6 is 0 Å². The summed E-state index contributed by atoms with van der Waals surface area (Å²) in [6, 6.07) is 7.38. The lowest BCUT2D eigenvalue weighted by molar-refractivity contribution is -0.0531. The van der Waals surface area contributed by atoms with E-state index >= 15 is 0 Å². The predicted octanol–water partition coefficient (Wildman–Crippen LogP) is 1.73. The predicted molar refractivity (Wildman–Crippen MR) is 85.8 cm³/mol. The minimum atomic E-state index is -0.0817. The number of ether oxygens (including phenoxy) is 3. The van der Waals surface area contributed by atoms with Gasteiger partial charge in [-0.05, 0) is 18.2 Å². The van der Waals surface area contributed by atoms with E-state index in [4.69, 9.17) is 14.2 Å². The van der Waals surface area contributed by atoms with Crippen molar-refractivity contribution in [3.05, 3.63) is 36.0 Å². The van der Waals surface area contributed by atoms with E-state index in [1.165, 1.54) is 0 Å². The van der Waals surface area contributed by atoms with Crippen molar-refractivity contribution in [2.75, 3.05) is 40.5 Å². The maximum Gasteiger partial charge on any atom is 0.254 e. The third kappa shape index (κ3) is 3.28. The molecule has 122 valence electrons. The quantitative estimate of drug-likeness (QED) is 0.860. The van der Waals surface area contributed by atoms with Crippen molar-refractivity contribution in [1.29, 1.82) is 0 Å². The number of methoxy groups -OCH3 is 2. The van der Waals surface area contributed by atoms with Gasteiger partial charge in [0.15, 0.2) is 0 Å². The van der Waals surface area contributed by atoms with E-state index in [9.17, 15) is 4.79 Å². The second-order valence-corrected chi connectivity index (χ2v) is 5.45. The van der Waals surface area contributed by atoms with E-state index in [-0.39, 0.29) is 12.0 Å². The molecule has 23 heavy (non-hydrogen) atoms. The molecular weight excluding hydrogens is 296 g/mol. The van der Waals surface area contributed by atoms with Gasteiger partial charge < -0.3 is 19.1 Å². The van der Waals surface area contributed by atoms with Crippen LogP contribution in [0.15, 0.2) is 30.5 Å². The van der Waals surface area contributed by atoms with Gasteiger partial charge in [0.05, 0.1) is 26.4 Å². The lowest BCUT2D eigenvalue weighted by Crippen LogP contribution is -2.47. The Bertz CT molecular complexity index is 702. The topological polar surface area (TPSA) is 60.9 Å². The maximum absolute atomic E-state index is 12.8. The highest BCUT2D eigenvalue weighted by atomic mass is 16.5. The van der Waals surface area contributed by atoms with Crippen LogP contribution in [0.5, 0.6) is 5.75 Å². The number of carbonyl (C=O) groups excluding carboxylic acids is 1. The van der Waals surface area contributed by atoms with Gasteiger partial charge in [0.1, 0.15) is 11.3 Å². The normalized spacial score (nSPS) is 18.2. The Morgan fingerprint density at radius 2 is 2.30 bits per heavy atom. The van der Waals surface area contributed by atoms with Gasteiger partial charge in [0, 0.05) is 37.3 Å². The molecule has 0 N–H and O–H groups in total. The second-order valence-electron chi connectivity index (χ2n) is 5.45. The number of amides is 1. The Morgan fingerprint density at radius 3 is 3.09 bits per heavy atom. The lowest BCUT2D eigenvalue weighted by Gasteiger charge is -2.32. The summed E-state index contributed by atoms with van der Waals surface area (Å²) in [6.07, 6.45) is 1.63. The summed E-state index contributed by atoms with van der Waals surface area (Å²) >= 11 is 0. The smallest absolute Gasteiger partial charge is 0.254 e. The molecule has 1 atom stereocenters. The molecule has 1 amide bonds. The summed E-state index contributed by atoms with van der Waals surface area (Å²) in [4.78, 5) is 18.9. The average Bonchev–Trinajstić information content (AvgIpc) is 2.60. The number of carbonyl (C=O) groups is 1. The molecule has 0 saturated carbocycles. The fourth-order valence-corrected chi connectivity index (χ4v) is 2.81. The number of hydrogen-bond acceptors (Lipinski definition) is 5. The van der Waals surface area contributed by atoms with Crippen molar-refractivity contribution in [3.8, 4) is 5.75 Å². The molecule has 1 fully saturated rings. The minimum absolute atomic E-state index is 0.0292. The Balaban J connectivity index is 1.88. The summed E-state index contributed by atoms with van der Waals surface area (Å²) in [5.41, 5.74) is 1.35. The zero-order valence-electron chi connectivity index (χ0n) is 13.3. The van der Waals surface area contributed by atoms with Gasteiger partial charge in [-0.3, -0.25) is 9.78 Å². The van der Waals surface area contributed by atoms with Crippen molar-refractivity contribution in [3.63, 3.8) is 0 Å². The van der Waals surface area contributed by atoms with Crippen LogP contribution in [0.2, 0.25) is 0 Å². The van der Waals surface area contributed by atoms with Crippen LogP contribution in [-0.2, 0) is 9.47 Å². The molecule has 0 bridgehead atoms. The molecule has 6 nitrogen and oxygen atoms in total. The molecule has 6 heteroatoms. The molecule has 2 heterocycles. The van der Waals surface area contributed by atoms with Gasteiger partial charge >= 0.3 is 0 Å². The molecule has 3 rings (SSSR count). The first kappa shape index (κ1) is 15.7. The summed E-state index contributed by atoms with van der Waals surface area (Å²) in [5.74, 6) is 0.576. The van der Waals surface area contributed by atoms with Crippen molar-refractivity contribution >= 4 is 16.8 Å². The molecule has 1 aromatic heterocycles. The van der Waals surface area contributed by atoms with Gasteiger partial charge in [-0.25, -0.2) is 0 Å². The fraction of sp³-hybridized carbons (Fsp3) is 0.412. The van der Waals surface area contributed by atoms with Crippen molar-refractivity contribution in [1.82, 2.24) is 9.88 Å².